The van der Waals surface area contributed by atoms with Crippen molar-refractivity contribution in [1.29, 1.82) is 0 Å². The quantitative estimate of drug-likeness (QED) is 0.536. The Morgan fingerprint density at radius 3 is 2.06 bits per heavy atom. The lowest BCUT2D eigenvalue weighted by molar-refractivity contribution is -0.117. The lowest BCUT2D eigenvalue weighted by Crippen LogP contribution is -2.46. The fourth-order valence-corrected chi connectivity index (χ4v) is 4.45. The van der Waals surface area contributed by atoms with Crippen molar-refractivity contribution in [3.05, 3.63) is 90.5 Å². The SMILES string of the molecule is CC[C@H](C(=O)Nc1ccc(OCc2ccccc2)cc1)N(c1ccccc1)S(C)(=O)=O. The minimum Gasteiger partial charge on any atom is -0.489 e. The zero-order chi connectivity index (χ0) is 22.3. The largest absolute Gasteiger partial charge is 0.489 e. The van der Waals surface area contributed by atoms with Gasteiger partial charge in [0.05, 0.1) is 11.9 Å². The molecule has 162 valence electrons. The normalized spacial score (nSPS) is 12.1. The number of sulfonamides is 1. The summed E-state index contributed by atoms with van der Waals surface area (Å²) in [5.74, 6) is 0.283. The molecule has 3 rings (SSSR count). The number of ether oxygens (including phenoxy) is 1. The number of carbonyl (C=O) groups is 1. The number of carbonyl (C=O) groups excluding carboxylic acids is 1. The van der Waals surface area contributed by atoms with Gasteiger partial charge in [-0.05, 0) is 48.4 Å². The van der Waals surface area contributed by atoms with Crippen LogP contribution in [0.3, 0.4) is 0 Å². The Morgan fingerprint density at radius 2 is 1.52 bits per heavy atom. The van der Waals surface area contributed by atoms with Crippen LogP contribution in [0.1, 0.15) is 18.9 Å². The van der Waals surface area contributed by atoms with Crippen molar-refractivity contribution in [2.45, 2.75) is 26.0 Å². The maximum absolute atomic E-state index is 13.0. The highest BCUT2D eigenvalue weighted by atomic mass is 32.2. The number of benzene rings is 3. The Balaban J connectivity index is 1.69. The lowest BCUT2D eigenvalue weighted by atomic mass is 10.2. The summed E-state index contributed by atoms with van der Waals surface area (Å²) in [5, 5.41) is 2.82. The molecule has 0 aromatic heterocycles. The Bertz CT molecular complexity index is 1090. The van der Waals surface area contributed by atoms with Gasteiger partial charge in [-0.2, -0.15) is 0 Å². The molecule has 0 aliphatic heterocycles. The maximum atomic E-state index is 13.0. The fraction of sp³-hybridized carbons (Fsp3) is 0.208. The second kappa shape index (κ2) is 10.1. The standard InChI is InChI=1S/C24H26N2O4S/c1-3-23(26(31(2,28)29)21-12-8-5-9-13-21)24(27)25-20-14-16-22(17-15-20)30-18-19-10-6-4-7-11-19/h4-17,23H,3,18H2,1-2H3,(H,25,27)/t23-/m1/s1. The number of anilines is 2. The second-order valence-corrected chi connectivity index (χ2v) is 8.97. The van der Waals surface area contributed by atoms with Crippen LogP contribution in [0.4, 0.5) is 11.4 Å². The van der Waals surface area contributed by atoms with E-state index in [1.807, 2.05) is 30.3 Å². The van der Waals surface area contributed by atoms with Crippen LogP contribution in [-0.4, -0.2) is 26.6 Å². The summed E-state index contributed by atoms with van der Waals surface area (Å²) in [6, 6.07) is 24.6. The van der Waals surface area contributed by atoms with E-state index in [9.17, 15) is 13.2 Å². The molecule has 1 atom stereocenters. The summed E-state index contributed by atoms with van der Waals surface area (Å²) in [7, 11) is -3.65. The first kappa shape index (κ1) is 22.4. The number of rotatable bonds is 9. The van der Waals surface area contributed by atoms with Gasteiger partial charge in [0.15, 0.2) is 0 Å². The molecule has 0 saturated carbocycles. The molecule has 0 fully saturated rings. The Labute approximate surface area is 183 Å². The van der Waals surface area contributed by atoms with Crippen molar-refractivity contribution < 1.29 is 17.9 Å². The first-order valence-corrected chi connectivity index (χ1v) is 11.9. The number of amides is 1. The first-order chi connectivity index (χ1) is 14.9. The first-order valence-electron chi connectivity index (χ1n) is 10.0. The summed E-state index contributed by atoms with van der Waals surface area (Å²) in [6.45, 7) is 2.23. The monoisotopic (exact) mass is 438 g/mol. The summed E-state index contributed by atoms with van der Waals surface area (Å²) >= 11 is 0. The fourth-order valence-electron chi connectivity index (χ4n) is 3.24. The second-order valence-electron chi connectivity index (χ2n) is 7.11. The van der Waals surface area contributed by atoms with Gasteiger partial charge in [-0.25, -0.2) is 8.42 Å². The summed E-state index contributed by atoms with van der Waals surface area (Å²) in [4.78, 5) is 13.0. The molecule has 31 heavy (non-hydrogen) atoms. The molecule has 1 amide bonds. The van der Waals surface area contributed by atoms with Crippen molar-refractivity contribution in [2.24, 2.45) is 0 Å². The Kier molecular flexibility index (Phi) is 7.31. The van der Waals surface area contributed by atoms with Crippen LogP contribution in [0.2, 0.25) is 0 Å². The van der Waals surface area contributed by atoms with Gasteiger partial charge < -0.3 is 10.1 Å². The average Bonchev–Trinajstić information content (AvgIpc) is 2.77. The molecule has 0 saturated heterocycles. The van der Waals surface area contributed by atoms with Crippen LogP contribution in [0.15, 0.2) is 84.9 Å². The lowest BCUT2D eigenvalue weighted by Gasteiger charge is -2.30. The molecule has 7 heteroatoms. The molecular weight excluding hydrogens is 412 g/mol. The molecule has 0 aliphatic carbocycles. The van der Waals surface area contributed by atoms with E-state index < -0.39 is 22.0 Å². The number of hydrogen-bond acceptors (Lipinski definition) is 4. The molecule has 0 heterocycles. The molecular formula is C24H26N2O4S. The molecule has 0 aliphatic rings. The van der Waals surface area contributed by atoms with E-state index in [2.05, 4.69) is 5.32 Å². The van der Waals surface area contributed by atoms with Gasteiger partial charge in [-0.15, -0.1) is 0 Å². The number of nitrogens with zero attached hydrogens (tertiary/aromatic N) is 1. The smallest absolute Gasteiger partial charge is 0.248 e. The highest BCUT2D eigenvalue weighted by Gasteiger charge is 2.31. The molecule has 0 unspecified atom stereocenters. The highest BCUT2D eigenvalue weighted by Crippen LogP contribution is 2.23. The summed E-state index contributed by atoms with van der Waals surface area (Å²) in [5.41, 5.74) is 2.08. The van der Waals surface area contributed by atoms with Gasteiger partial charge in [0.1, 0.15) is 18.4 Å². The van der Waals surface area contributed by atoms with Crippen LogP contribution in [0.25, 0.3) is 0 Å². The van der Waals surface area contributed by atoms with E-state index in [1.54, 1.807) is 61.5 Å². The number of nitrogens with one attached hydrogen (secondary N) is 1. The van der Waals surface area contributed by atoms with Gasteiger partial charge in [-0.3, -0.25) is 9.10 Å². The minimum atomic E-state index is -3.65. The summed E-state index contributed by atoms with van der Waals surface area (Å²) < 4.78 is 31.8. The number of para-hydroxylation sites is 1. The molecule has 0 spiro atoms. The molecule has 0 bridgehead atoms. The highest BCUT2D eigenvalue weighted by molar-refractivity contribution is 7.92. The molecule has 1 N–H and O–H groups in total. The maximum Gasteiger partial charge on any atom is 0.248 e. The predicted molar refractivity (Wildman–Crippen MR) is 124 cm³/mol. The third-order valence-electron chi connectivity index (χ3n) is 4.71. The van der Waals surface area contributed by atoms with E-state index in [0.29, 0.717) is 30.2 Å². The van der Waals surface area contributed by atoms with E-state index in [4.69, 9.17) is 4.74 Å². The van der Waals surface area contributed by atoms with Gasteiger partial charge in [0, 0.05) is 5.69 Å². The zero-order valence-corrected chi connectivity index (χ0v) is 18.4. The van der Waals surface area contributed by atoms with Crippen LogP contribution in [0, 0.1) is 0 Å². The van der Waals surface area contributed by atoms with Crippen LogP contribution in [-0.2, 0) is 21.4 Å². The van der Waals surface area contributed by atoms with E-state index >= 15 is 0 Å². The van der Waals surface area contributed by atoms with Crippen molar-refractivity contribution in [3.8, 4) is 5.75 Å². The molecule has 3 aromatic carbocycles. The topological polar surface area (TPSA) is 75.7 Å². The predicted octanol–water partition coefficient (Wildman–Crippen LogP) is 4.45. The van der Waals surface area contributed by atoms with Gasteiger partial charge >= 0.3 is 0 Å². The van der Waals surface area contributed by atoms with Gasteiger partial charge in [-0.1, -0.05) is 55.5 Å². The van der Waals surface area contributed by atoms with Crippen molar-refractivity contribution in [3.63, 3.8) is 0 Å². The Hall–Kier alpha value is -3.32. The van der Waals surface area contributed by atoms with E-state index in [1.165, 1.54) is 4.31 Å². The van der Waals surface area contributed by atoms with E-state index in [-0.39, 0.29) is 0 Å². The summed E-state index contributed by atoms with van der Waals surface area (Å²) in [6.07, 6.45) is 1.43. The molecule has 6 nitrogen and oxygen atoms in total. The van der Waals surface area contributed by atoms with Crippen LogP contribution < -0.4 is 14.4 Å². The zero-order valence-electron chi connectivity index (χ0n) is 17.6. The average molecular weight is 439 g/mol. The third kappa shape index (κ3) is 6.08. The van der Waals surface area contributed by atoms with E-state index in [0.717, 1.165) is 11.8 Å². The van der Waals surface area contributed by atoms with Crippen molar-refractivity contribution in [2.75, 3.05) is 15.9 Å². The van der Waals surface area contributed by atoms with Gasteiger partial charge in [0.25, 0.3) is 0 Å². The molecule has 3 aromatic rings. The van der Waals surface area contributed by atoms with Crippen molar-refractivity contribution >= 4 is 27.3 Å². The number of hydrogen-bond donors (Lipinski definition) is 1. The van der Waals surface area contributed by atoms with Crippen LogP contribution >= 0.6 is 0 Å². The molecule has 0 radical (unpaired) electrons. The van der Waals surface area contributed by atoms with Gasteiger partial charge in [0.2, 0.25) is 15.9 Å². The van der Waals surface area contributed by atoms with Crippen molar-refractivity contribution in [1.82, 2.24) is 0 Å². The minimum absolute atomic E-state index is 0.325. The Morgan fingerprint density at radius 1 is 0.935 bits per heavy atom. The van der Waals surface area contributed by atoms with Crippen LogP contribution in [0.5, 0.6) is 5.75 Å². The third-order valence-corrected chi connectivity index (χ3v) is 5.89.